The topological polar surface area (TPSA) is 112 Å². The van der Waals surface area contributed by atoms with Crippen LogP contribution in [0.3, 0.4) is 0 Å². The van der Waals surface area contributed by atoms with Gasteiger partial charge in [0.15, 0.2) is 5.57 Å². The minimum atomic E-state index is -4.60. The molecule has 0 saturated heterocycles. The lowest BCUT2D eigenvalue weighted by molar-refractivity contribution is -0.144. The number of nitriles is 3. The Kier molecular flexibility index (Phi) is 3.70. The Bertz CT molecular complexity index is 870. The molecule has 0 fully saturated rings. The Morgan fingerprint density at radius 3 is 2.36 bits per heavy atom. The number of fused-ring (bicyclic) bond motifs is 1. The van der Waals surface area contributed by atoms with E-state index >= 15 is 0 Å². The van der Waals surface area contributed by atoms with Crippen LogP contribution in [0.1, 0.15) is 5.82 Å². The van der Waals surface area contributed by atoms with Gasteiger partial charge in [-0.05, 0) is 18.2 Å². The van der Waals surface area contributed by atoms with Crippen LogP contribution in [0.25, 0.3) is 11.0 Å². The van der Waals surface area contributed by atoms with Gasteiger partial charge in [-0.1, -0.05) is 0 Å². The number of anilines is 1. The zero-order valence-corrected chi connectivity index (χ0v) is 10.7. The maximum atomic E-state index is 12.6. The highest BCUT2D eigenvalue weighted by Crippen LogP contribution is 2.29. The van der Waals surface area contributed by atoms with Crippen LogP contribution in [-0.2, 0) is 6.18 Å². The van der Waals surface area contributed by atoms with E-state index in [0.717, 1.165) is 0 Å². The molecule has 0 atom stereocenters. The quantitative estimate of drug-likeness (QED) is 0.828. The van der Waals surface area contributed by atoms with Crippen molar-refractivity contribution in [1.29, 1.82) is 15.8 Å². The van der Waals surface area contributed by atoms with Crippen LogP contribution in [0.5, 0.6) is 0 Å². The van der Waals surface area contributed by atoms with E-state index in [1.807, 2.05) is 0 Å². The van der Waals surface area contributed by atoms with Crippen LogP contribution < -0.4 is 5.32 Å². The first-order valence-electron chi connectivity index (χ1n) is 5.67. The van der Waals surface area contributed by atoms with Gasteiger partial charge in [0.2, 0.25) is 5.82 Å². The molecule has 0 aliphatic heterocycles. The van der Waals surface area contributed by atoms with Crippen LogP contribution in [0.4, 0.5) is 18.9 Å². The second kappa shape index (κ2) is 5.47. The standard InChI is InChI=1S/C13H5F3N6/c14-13(15,16)12-21-9-2-1-8(3-10(9)22-12)20-11(6-19)7(4-17)5-18/h1-3,20H,(H,21,22). The number of allylic oxidation sites excluding steroid dienone is 2. The fourth-order valence-electron chi connectivity index (χ4n) is 1.65. The number of aromatic nitrogens is 2. The third-order valence-corrected chi connectivity index (χ3v) is 2.61. The Morgan fingerprint density at radius 2 is 1.82 bits per heavy atom. The van der Waals surface area contributed by atoms with Crippen LogP contribution in [0, 0.1) is 34.0 Å². The number of nitrogens with one attached hydrogen (secondary N) is 2. The number of imidazole rings is 1. The number of nitrogens with zero attached hydrogens (tertiary/aromatic N) is 4. The maximum absolute atomic E-state index is 12.6. The third-order valence-electron chi connectivity index (χ3n) is 2.61. The smallest absolute Gasteiger partial charge is 0.345 e. The lowest BCUT2D eigenvalue weighted by atomic mass is 10.2. The molecule has 0 amide bonds. The minimum absolute atomic E-state index is 0.0983. The van der Waals surface area contributed by atoms with Crippen molar-refractivity contribution in [2.75, 3.05) is 5.32 Å². The molecule has 0 aliphatic carbocycles. The molecule has 1 heterocycles. The SMILES string of the molecule is N#CC(C#N)=C(C#N)Nc1ccc2nc(C(F)(F)F)[nH]c2c1. The molecule has 22 heavy (non-hydrogen) atoms. The van der Waals surface area contributed by atoms with Crippen molar-refractivity contribution in [2.24, 2.45) is 0 Å². The average Bonchev–Trinajstić information content (AvgIpc) is 2.90. The maximum Gasteiger partial charge on any atom is 0.449 e. The summed E-state index contributed by atoms with van der Waals surface area (Å²) in [6, 6.07) is 8.74. The molecule has 1 aromatic heterocycles. The van der Waals surface area contributed by atoms with Crippen LogP contribution in [0.2, 0.25) is 0 Å². The first-order chi connectivity index (χ1) is 10.4. The van der Waals surface area contributed by atoms with Gasteiger partial charge >= 0.3 is 6.18 Å². The zero-order valence-electron chi connectivity index (χ0n) is 10.7. The van der Waals surface area contributed by atoms with E-state index in [-0.39, 0.29) is 22.4 Å². The Hall–Kier alpha value is -3.51. The number of hydrogen-bond donors (Lipinski definition) is 2. The molecule has 1 aromatic carbocycles. The second-order valence-corrected chi connectivity index (χ2v) is 4.03. The fourth-order valence-corrected chi connectivity index (χ4v) is 1.65. The second-order valence-electron chi connectivity index (χ2n) is 4.03. The van der Waals surface area contributed by atoms with Gasteiger partial charge in [-0.3, -0.25) is 0 Å². The minimum Gasteiger partial charge on any atom is -0.345 e. The molecule has 0 unspecified atom stereocenters. The summed E-state index contributed by atoms with van der Waals surface area (Å²) in [6.07, 6.45) is -4.60. The number of rotatable bonds is 2. The Balaban J connectivity index is 2.43. The number of aromatic amines is 1. The molecule has 2 aromatic rings. The summed E-state index contributed by atoms with van der Waals surface area (Å²) in [6.45, 7) is 0. The summed E-state index contributed by atoms with van der Waals surface area (Å²) >= 11 is 0. The lowest BCUT2D eigenvalue weighted by Crippen LogP contribution is -2.06. The van der Waals surface area contributed by atoms with Gasteiger partial charge in [0.25, 0.3) is 0 Å². The van der Waals surface area contributed by atoms with Crippen LogP contribution >= 0.6 is 0 Å². The normalized spacial score (nSPS) is 10.4. The molecule has 2 rings (SSSR count). The monoisotopic (exact) mass is 302 g/mol. The number of hydrogen-bond acceptors (Lipinski definition) is 5. The average molecular weight is 302 g/mol. The largest absolute Gasteiger partial charge is 0.449 e. The first-order valence-corrected chi connectivity index (χ1v) is 5.67. The van der Waals surface area contributed by atoms with E-state index in [0.29, 0.717) is 0 Å². The highest BCUT2D eigenvalue weighted by Gasteiger charge is 2.34. The summed E-state index contributed by atoms with van der Waals surface area (Å²) in [4.78, 5) is 5.52. The van der Waals surface area contributed by atoms with Gasteiger partial charge in [0, 0.05) is 5.69 Å². The van der Waals surface area contributed by atoms with Crippen molar-refractivity contribution in [2.45, 2.75) is 6.18 Å². The van der Waals surface area contributed by atoms with E-state index < -0.39 is 17.6 Å². The summed E-state index contributed by atoms with van der Waals surface area (Å²) in [5, 5.41) is 28.8. The van der Waals surface area contributed by atoms with E-state index in [2.05, 4.69) is 15.3 Å². The summed E-state index contributed by atoms with van der Waals surface area (Å²) in [7, 11) is 0. The van der Waals surface area contributed by atoms with E-state index in [1.54, 1.807) is 18.2 Å². The van der Waals surface area contributed by atoms with Crippen molar-refractivity contribution >= 4 is 16.7 Å². The van der Waals surface area contributed by atoms with Crippen molar-refractivity contribution in [3.8, 4) is 18.2 Å². The number of H-pyrrole nitrogens is 1. The fraction of sp³-hybridized carbons (Fsp3) is 0.0769. The molecule has 6 nitrogen and oxygen atoms in total. The predicted octanol–water partition coefficient (Wildman–Crippen LogP) is 2.82. The summed E-state index contributed by atoms with van der Waals surface area (Å²) in [5.74, 6) is -1.13. The first kappa shape index (κ1) is 14.9. The van der Waals surface area contributed by atoms with E-state index in [4.69, 9.17) is 15.8 Å². The molecular formula is C13H5F3N6. The van der Waals surface area contributed by atoms with Crippen molar-refractivity contribution < 1.29 is 13.2 Å². The van der Waals surface area contributed by atoms with Gasteiger partial charge < -0.3 is 10.3 Å². The van der Waals surface area contributed by atoms with Gasteiger partial charge in [0.05, 0.1) is 11.0 Å². The number of alkyl halides is 3. The van der Waals surface area contributed by atoms with Crippen molar-refractivity contribution in [1.82, 2.24) is 9.97 Å². The molecule has 0 spiro atoms. The highest BCUT2D eigenvalue weighted by atomic mass is 19.4. The molecule has 0 aliphatic rings. The van der Waals surface area contributed by atoms with Crippen molar-refractivity contribution in [3.63, 3.8) is 0 Å². The molecule has 0 saturated carbocycles. The molecule has 0 radical (unpaired) electrons. The molecule has 108 valence electrons. The number of benzene rings is 1. The van der Waals surface area contributed by atoms with Crippen molar-refractivity contribution in [3.05, 3.63) is 35.3 Å². The Morgan fingerprint density at radius 1 is 1.14 bits per heavy atom. The van der Waals surface area contributed by atoms with E-state index in [9.17, 15) is 13.2 Å². The molecular weight excluding hydrogens is 297 g/mol. The van der Waals surface area contributed by atoms with E-state index in [1.165, 1.54) is 18.2 Å². The Labute approximate surface area is 121 Å². The van der Waals surface area contributed by atoms with Gasteiger partial charge in [-0.15, -0.1) is 0 Å². The number of halogens is 3. The third kappa shape index (κ3) is 2.82. The van der Waals surface area contributed by atoms with Crippen LogP contribution in [0.15, 0.2) is 29.5 Å². The van der Waals surface area contributed by atoms with Gasteiger partial charge in [-0.2, -0.15) is 29.0 Å². The van der Waals surface area contributed by atoms with Gasteiger partial charge in [-0.25, -0.2) is 4.98 Å². The summed E-state index contributed by atoms with van der Waals surface area (Å²) in [5.41, 5.74) is -0.279. The lowest BCUT2D eigenvalue weighted by Gasteiger charge is -2.04. The molecule has 9 heteroatoms. The highest BCUT2D eigenvalue weighted by molar-refractivity contribution is 5.80. The van der Waals surface area contributed by atoms with Gasteiger partial charge in [0.1, 0.15) is 23.9 Å². The summed E-state index contributed by atoms with van der Waals surface area (Å²) < 4.78 is 37.7. The molecule has 2 N–H and O–H groups in total. The van der Waals surface area contributed by atoms with Crippen LogP contribution in [-0.4, -0.2) is 9.97 Å². The predicted molar refractivity (Wildman–Crippen MR) is 68.6 cm³/mol. The molecule has 0 bridgehead atoms. The zero-order chi connectivity index (χ0) is 16.3.